The number of ether oxygens (including phenoxy) is 5. The smallest absolute Gasteiger partial charge is 0.261 e. The molecule has 8 nitrogen and oxygen atoms in total. The van der Waals surface area contributed by atoms with E-state index in [1.807, 2.05) is 0 Å². The summed E-state index contributed by atoms with van der Waals surface area (Å²) >= 11 is 0. The van der Waals surface area contributed by atoms with E-state index in [-0.39, 0.29) is 25.0 Å². The molecule has 0 aliphatic carbocycles. The summed E-state index contributed by atoms with van der Waals surface area (Å²) in [7, 11) is 0. The molecule has 0 spiro atoms. The van der Waals surface area contributed by atoms with Gasteiger partial charge < -0.3 is 23.7 Å². The van der Waals surface area contributed by atoms with Crippen molar-refractivity contribution in [1.82, 2.24) is 4.90 Å². The summed E-state index contributed by atoms with van der Waals surface area (Å²) < 4.78 is 27.6. The number of hydrogen-bond acceptors (Lipinski definition) is 7. The Hall–Kier alpha value is -1.84. The number of fused-ring (bicyclic) bond motifs is 1. The van der Waals surface area contributed by atoms with Gasteiger partial charge in [0.05, 0.1) is 77.1 Å². The van der Waals surface area contributed by atoms with Gasteiger partial charge in [0, 0.05) is 6.61 Å². The third kappa shape index (κ3) is 13.8. The fraction of sp³-hybridized carbons (Fsp3) is 0.733. The minimum Gasteiger partial charge on any atom is -0.379 e. The highest BCUT2D eigenvalue weighted by Gasteiger charge is 2.34. The molecule has 0 aromatic heterocycles. The molecule has 0 saturated carbocycles. The quantitative estimate of drug-likeness (QED) is 0.118. The van der Waals surface area contributed by atoms with Crippen molar-refractivity contribution in [3.05, 3.63) is 35.4 Å². The molecule has 1 aliphatic heterocycles. The van der Waals surface area contributed by atoms with Gasteiger partial charge in [-0.1, -0.05) is 76.8 Å². The summed E-state index contributed by atoms with van der Waals surface area (Å²) in [5, 5.41) is 0. The molecule has 0 radical (unpaired) electrons. The zero-order chi connectivity index (χ0) is 27.1. The number of carbonyl (C=O) groups excluding carboxylic acids is 2. The Kier molecular flexibility index (Phi) is 18.8. The van der Waals surface area contributed by atoms with Gasteiger partial charge in [-0.25, -0.2) is 0 Å². The first-order valence-corrected chi connectivity index (χ1v) is 14.6. The largest absolute Gasteiger partial charge is 0.379 e. The molecule has 0 fully saturated rings. The lowest BCUT2D eigenvalue weighted by molar-refractivity contribution is -0.0119. The summed E-state index contributed by atoms with van der Waals surface area (Å²) in [5.74, 6) is -0.521. The van der Waals surface area contributed by atoms with Crippen molar-refractivity contribution in [2.45, 2.75) is 71.1 Å². The minimum atomic E-state index is -0.261. The maximum atomic E-state index is 12.3. The van der Waals surface area contributed by atoms with Gasteiger partial charge in [0.25, 0.3) is 11.8 Å². The minimum absolute atomic E-state index is 0.236. The highest BCUT2D eigenvalue weighted by Crippen LogP contribution is 2.21. The monoisotopic (exact) mass is 535 g/mol. The molecule has 0 atom stereocenters. The molecule has 0 unspecified atom stereocenters. The second-order valence-electron chi connectivity index (χ2n) is 9.55. The third-order valence-corrected chi connectivity index (χ3v) is 6.47. The summed E-state index contributed by atoms with van der Waals surface area (Å²) in [6.45, 7) is 7.69. The van der Waals surface area contributed by atoms with Gasteiger partial charge in [0.2, 0.25) is 0 Å². The van der Waals surface area contributed by atoms with Crippen molar-refractivity contribution >= 4 is 11.8 Å². The number of carbonyl (C=O) groups is 2. The Balaban J connectivity index is 1.24. The van der Waals surface area contributed by atoms with Crippen LogP contribution in [0, 0.1) is 0 Å². The average Bonchev–Trinajstić information content (AvgIpc) is 3.18. The standard InChI is InChI=1S/C30H49NO7/c1-2-3-4-5-6-7-8-9-10-13-17-34-19-21-36-23-25-38-26-24-37-22-20-35-18-16-31-29(32)27-14-11-12-15-28(27)30(31)33/h11-12,14-15H,2-10,13,16-26H2,1H3. The molecule has 1 heterocycles. The molecule has 8 heteroatoms. The number of unbranched alkanes of at least 4 members (excludes halogenated alkanes) is 9. The van der Waals surface area contributed by atoms with Crippen LogP contribution in [0.2, 0.25) is 0 Å². The number of imide groups is 1. The van der Waals surface area contributed by atoms with Crippen molar-refractivity contribution in [2.75, 3.05) is 72.6 Å². The first kappa shape index (κ1) is 32.4. The lowest BCUT2D eigenvalue weighted by atomic mass is 10.1. The molecule has 0 saturated heterocycles. The molecule has 1 aliphatic rings. The van der Waals surface area contributed by atoms with E-state index in [4.69, 9.17) is 23.7 Å². The van der Waals surface area contributed by atoms with Crippen LogP contribution in [0.15, 0.2) is 24.3 Å². The zero-order valence-corrected chi connectivity index (χ0v) is 23.5. The second kappa shape index (κ2) is 22.0. The molecule has 38 heavy (non-hydrogen) atoms. The molecule has 216 valence electrons. The average molecular weight is 536 g/mol. The number of nitrogens with zero attached hydrogens (tertiary/aromatic N) is 1. The van der Waals surface area contributed by atoms with Crippen LogP contribution < -0.4 is 0 Å². The first-order chi connectivity index (χ1) is 18.8. The highest BCUT2D eigenvalue weighted by atomic mass is 16.6. The molecule has 0 N–H and O–H groups in total. The molecule has 1 aromatic carbocycles. The van der Waals surface area contributed by atoms with E-state index in [1.54, 1.807) is 24.3 Å². The van der Waals surface area contributed by atoms with E-state index in [9.17, 15) is 9.59 Å². The van der Waals surface area contributed by atoms with Gasteiger partial charge in [-0.15, -0.1) is 0 Å². The Morgan fingerprint density at radius 1 is 0.500 bits per heavy atom. The van der Waals surface area contributed by atoms with Crippen molar-refractivity contribution < 1.29 is 33.3 Å². The van der Waals surface area contributed by atoms with E-state index < -0.39 is 0 Å². The topological polar surface area (TPSA) is 83.5 Å². The summed E-state index contributed by atoms with van der Waals surface area (Å²) in [6, 6.07) is 6.86. The van der Waals surface area contributed by atoms with Crippen molar-refractivity contribution in [3.63, 3.8) is 0 Å². The summed E-state index contributed by atoms with van der Waals surface area (Å²) in [5.41, 5.74) is 0.915. The lowest BCUT2D eigenvalue weighted by Crippen LogP contribution is -2.33. The van der Waals surface area contributed by atoms with Gasteiger partial charge >= 0.3 is 0 Å². The normalized spacial score (nSPS) is 13.0. The Bertz CT molecular complexity index is 723. The maximum absolute atomic E-state index is 12.3. The molecule has 2 rings (SSSR count). The lowest BCUT2D eigenvalue weighted by Gasteiger charge is -2.13. The van der Waals surface area contributed by atoms with Crippen molar-refractivity contribution in [2.24, 2.45) is 0 Å². The fourth-order valence-corrected chi connectivity index (χ4v) is 4.27. The number of rotatable bonds is 26. The predicted molar refractivity (Wildman–Crippen MR) is 148 cm³/mol. The molecular weight excluding hydrogens is 486 g/mol. The summed E-state index contributed by atoms with van der Waals surface area (Å²) in [4.78, 5) is 25.8. The number of amides is 2. The van der Waals surface area contributed by atoms with Gasteiger partial charge in [-0.2, -0.15) is 0 Å². The molecule has 2 amide bonds. The van der Waals surface area contributed by atoms with E-state index in [1.165, 1.54) is 62.7 Å². The zero-order valence-electron chi connectivity index (χ0n) is 23.5. The van der Waals surface area contributed by atoms with Crippen LogP contribution in [-0.2, 0) is 23.7 Å². The van der Waals surface area contributed by atoms with Crippen LogP contribution in [0.25, 0.3) is 0 Å². The molecular formula is C30H49NO7. The van der Waals surface area contributed by atoms with Gasteiger partial charge in [0.1, 0.15) is 0 Å². The van der Waals surface area contributed by atoms with E-state index in [0.29, 0.717) is 64.0 Å². The summed E-state index contributed by atoms with van der Waals surface area (Å²) in [6.07, 6.45) is 13.3. The Labute approximate surface area is 229 Å². The van der Waals surface area contributed by atoms with Crippen LogP contribution in [0.4, 0.5) is 0 Å². The van der Waals surface area contributed by atoms with Crippen molar-refractivity contribution in [1.29, 1.82) is 0 Å². The predicted octanol–water partition coefficient (Wildman–Crippen LogP) is 5.29. The Morgan fingerprint density at radius 3 is 1.32 bits per heavy atom. The Morgan fingerprint density at radius 2 is 0.868 bits per heavy atom. The van der Waals surface area contributed by atoms with Crippen LogP contribution in [0.5, 0.6) is 0 Å². The van der Waals surface area contributed by atoms with Gasteiger partial charge in [-0.05, 0) is 18.6 Å². The van der Waals surface area contributed by atoms with Gasteiger partial charge in [0.15, 0.2) is 0 Å². The highest BCUT2D eigenvalue weighted by molar-refractivity contribution is 6.21. The van der Waals surface area contributed by atoms with Crippen LogP contribution in [-0.4, -0.2) is 89.3 Å². The molecule has 0 bridgehead atoms. The molecule has 1 aromatic rings. The van der Waals surface area contributed by atoms with Crippen LogP contribution in [0.3, 0.4) is 0 Å². The van der Waals surface area contributed by atoms with Crippen molar-refractivity contribution in [3.8, 4) is 0 Å². The van der Waals surface area contributed by atoms with Crippen LogP contribution >= 0.6 is 0 Å². The van der Waals surface area contributed by atoms with Crippen LogP contribution in [0.1, 0.15) is 91.8 Å². The first-order valence-electron chi connectivity index (χ1n) is 14.6. The number of hydrogen-bond donors (Lipinski definition) is 0. The van der Waals surface area contributed by atoms with E-state index in [0.717, 1.165) is 13.0 Å². The maximum Gasteiger partial charge on any atom is 0.261 e. The second-order valence-corrected chi connectivity index (χ2v) is 9.55. The third-order valence-electron chi connectivity index (χ3n) is 6.47. The van der Waals surface area contributed by atoms with Gasteiger partial charge in [-0.3, -0.25) is 14.5 Å². The van der Waals surface area contributed by atoms with E-state index >= 15 is 0 Å². The SMILES string of the molecule is CCCCCCCCCCCCOCCOCCOCCOCCOCCN1C(=O)c2ccccc2C1=O. The number of benzene rings is 1. The van der Waals surface area contributed by atoms with E-state index in [2.05, 4.69) is 6.92 Å². The fourth-order valence-electron chi connectivity index (χ4n) is 4.27.